The Morgan fingerprint density at radius 1 is 1.19 bits per heavy atom. The van der Waals surface area contributed by atoms with Crippen LogP contribution < -0.4 is 10.5 Å². The Morgan fingerprint density at radius 2 is 1.95 bits per heavy atom. The lowest BCUT2D eigenvalue weighted by Gasteiger charge is -2.36. The van der Waals surface area contributed by atoms with Gasteiger partial charge in [-0.3, -0.25) is 4.90 Å². The highest BCUT2D eigenvalue weighted by atomic mass is 16.5. The number of piperazine rings is 1. The van der Waals surface area contributed by atoms with E-state index >= 15 is 0 Å². The van der Waals surface area contributed by atoms with Gasteiger partial charge in [-0.05, 0) is 38.0 Å². The third-order valence-electron chi connectivity index (χ3n) is 4.16. The summed E-state index contributed by atoms with van der Waals surface area (Å²) >= 11 is 0. The number of nitrogens with two attached hydrogens (primary N) is 1. The lowest BCUT2D eigenvalue weighted by atomic mass is 10.2. The Balaban J connectivity index is 1.62. The van der Waals surface area contributed by atoms with Crippen molar-refractivity contribution in [3.63, 3.8) is 0 Å². The first-order valence-electron chi connectivity index (χ1n) is 8.07. The summed E-state index contributed by atoms with van der Waals surface area (Å²) in [6.45, 7) is 11.8. The highest BCUT2D eigenvalue weighted by molar-refractivity contribution is 5.28. The fraction of sp³-hybridized carbons (Fsp3) is 0.647. The highest BCUT2D eigenvalue weighted by Gasteiger charge is 2.17. The summed E-state index contributed by atoms with van der Waals surface area (Å²) in [6, 6.07) is 8.73. The molecule has 118 valence electrons. The smallest absolute Gasteiger partial charge is 0.119 e. The Hall–Kier alpha value is -1.10. The van der Waals surface area contributed by atoms with E-state index in [-0.39, 0.29) is 0 Å². The van der Waals surface area contributed by atoms with Crippen LogP contribution in [0.25, 0.3) is 0 Å². The van der Waals surface area contributed by atoms with E-state index in [1.165, 1.54) is 26.2 Å². The first-order valence-corrected chi connectivity index (χ1v) is 8.07. The van der Waals surface area contributed by atoms with Gasteiger partial charge in [0.25, 0.3) is 0 Å². The molecule has 1 fully saturated rings. The molecule has 0 atom stereocenters. The van der Waals surface area contributed by atoms with Gasteiger partial charge in [0.1, 0.15) is 5.75 Å². The van der Waals surface area contributed by atoms with E-state index in [4.69, 9.17) is 10.5 Å². The van der Waals surface area contributed by atoms with Crippen molar-refractivity contribution in [2.75, 3.05) is 39.3 Å². The van der Waals surface area contributed by atoms with Gasteiger partial charge in [0.15, 0.2) is 0 Å². The molecule has 0 radical (unpaired) electrons. The lowest BCUT2D eigenvalue weighted by Crippen LogP contribution is -2.49. The molecule has 0 spiro atoms. The molecule has 1 aliphatic rings. The van der Waals surface area contributed by atoms with Crippen molar-refractivity contribution in [1.82, 2.24) is 9.80 Å². The normalized spacial score (nSPS) is 17.3. The quantitative estimate of drug-likeness (QED) is 0.780. The molecule has 1 saturated heterocycles. The molecule has 0 amide bonds. The molecule has 0 unspecified atom stereocenters. The van der Waals surface area contributed by atoms with E-state index in [1.807, 2.05) is 24.3 Å². The third-order valence-corrected chi connectivity index (χ3v) is 4.16. The largest absolute Gasteiger partial charge is 0.494 e. The average Bonchev–Trinajstić information content (AvgIpc) is 2.52. The minimum absolute atomic E-state index is 0.567. The van der Waals surface area contributed by atoms with Crippen molar-refractivity contribution < 1.29 is 4.74 Å². The molecule has 1 aromatic rings. The van der Waals surface area contributed by atoms with Gasteiger partial charge in [-0.2, -0.15) is 0 Å². The molecule has 1 heterocycles. The second kappa shape index (κ2) is 8.37. The molecular weight excluding hydrogens is 262 g/mol. The van der Waals surface area contributed by atoms with Crippen molar-refractivity contribution >= 4 is 0 Å². The molecule has 2 rings (SSSR count). The molecular formula is C17H29N3O. The monoisotopic (exact) mass is 291 g/mol. The van der Waals surface area contributed by atoms with Crippen LogP contribution >= 0.6 is 0 Å². The van der Waals surface area contributed by atoms with Crippen molar-refractivity contribution in [1.29, 1.82) is 0 Å². The first kappa shape index (κ1) is 16.3. The van der Waals surface area contributed by atoms with Gasteiger partial charge in [-0.1, -0.05) is 12.1 Å². The molecule has 0 saturated carbocycles. The zero-order valence-corrected chi connectivity index (χ0v) is 13.4. The number of nitrogens with zero attached hydrogens (tertiary/aromatic N) is 2. The van der Waals surface area contributed by atoms with Crippen LogP contribution in [0.2, 0.25) is 0 Å². The maximum Gasteiger partial charge on any atom is 0.119 e. The molecule has 1 aliphatic heterocycles. The van der Waals surface area contributed by atoms with Crippen molar-refractivity contribution in [2.45, 2.75) is 32.9 Å². The summed E-state index contributed by atoms with van der Waals surface area (Å²) in [5.74, 6) is 0.933. The van der Waals surface area contributed by atoms with Gasteiger partial charge >= 0.3 is 0 Å². The molecule has 21 heavy (non-hydrogen) atoms. The summed E-state index contributed by atoms with van der Waals surface area (Å²) in [6.07, 6.45) is 1.08. The Labute approximate surface area is 128 Å². The molecule has 4 heteroatoms. The Kier molecular flexibility index (Phi) is 6.49. The molecule has 1 aromatic carbocycles. The zero-order valence-electron chi connectivity index (χ0n) is 13.4. The summed E-state index contributed by atoms with van der Waals surface area (Å²) in [4.78, 5) is 5.09. The maximum atomic E-state index is 5.81. The first-order chi connectivity index (χ1) is 10.2. The van der Waals surface area contributed by atoms with E-state index in [1.54, 1.807) is 0 Å². The molecule has 4 nitrogen and oxygen atoms in total. The van der Waals surface area contributed by atoms with Gasteiger partial charge < -0.3 is 15.4 Å². The van der Waals surface area contributed by atoms with Crippen LogP contribution in [0.1, 0.15) is 25.8 Å². The van der Waals surface area contributed by atoms with Gasteiger partial charge in [0.05, 0.1) is 6.61 Å². The van der Waals surface area contributed by atoms with Crippen LogP contribution in [0.3, 0.4) is 0 Å². The Bertz CT molecular complexity index is 414. The maximum absolute atomic E-state index is 5.81. The number of hydrogen-bond acceptors (Lipinski definition) is 4. The van der Waals surface area contributed by atoms with Gasteiger partial charge in [0.2, 0.25) is 0 Å². The summed E-state index contributed by atoms with van der Waals surface area (Å²) in [5, 5.41) is 0. The van der Waals surface area contributed by atoms with Crippen LogP contribution in [0.15, 0.2) is 24.3 Å². The van der Waals surface area contributed by atoms with E-state index in [0.29, 0.717) is 12.6 Å². The average molecular weight is 291 g/mol. The SMILES string of the molecule is CC(C)N1CCN(CCCOc2cccc(CN)c2)CC1. The number of benzene rings is 1. The lowest BCUT2D eigenvalue weighted by molar-refractivity contribution is 0.104. The van der Waals surface area contributed by atoms with Crippen molar-refractivity contribution in [3.8, 4) is 5.75 Å². The minimum Gasteiger partial charge on any atom is -0.494 e. The minimum atomic E-state index is 0.567. The third kappa shape index (κ3) is 5.30. The fourth-order valence-corrected chi connectivity index (χ4v) is 2.74. The van der Waals surface area contributed by atoms with Gasteiger partial charge in [0, 0.05) is 45.3 Å². The van der Waals surface area contributed by atoms with Crippen LogP contribution in [-0.4, -0.2) is 55.2 Å². The summed E-state index contributed by atoms with van der Waals surface area (Å²) < 4.78 is 5.81. The van der Waals surface area contributed by atoms with E-state index in [9.17, 15) is 0 Å². The Morgan fingerprint density at radius 3 is 2.62 bits per heavy atom. The van der Waals surface area contributed by atoms with Crippen LogP contribution in [-0.2, 0) is 6.54 Å². The summed E-state index contributed by atoms with van der Waals surface area (Å²) in [5.41, 5.74) is 6.76. The van der Waals surface area contributed by atoms with Crippen LogP contribution in [0, 0.1) is 0 Å². The predicted octanol–water partition coefficient (Wildman–Crippen LogP) is 1.94. The van der Waals surface area contributed by atoms with Crippen LogP contribution in [0.4, 0.5) is 0 Å². The summed E-state index contributed by atoms with van der Waals surface area (Å²) in [7, 11) is 0. The van der Waals surface area contributed by atoms with Gasteiger partial charge in [-0.15, -0.1) is 0 Å². The second-order valence-electron chi connectivity index (χ2n) is 6.02. The van der Waals surface area contributed by atoms with E-state index in [2.05, 4.69) is 23.6 Å². The molecule has 0 bridgehead atoms. The molecule has 2 N–H and O–H groups in total. The predicted molar refractivity (Wildman–Crippen MR) is 87.6 cm³/mol. The number of hydrogen-bond donors (Lipinski definition) is 1. The molecule has 0 aromatic heterocycles. The van der Waals surface area contributed by atoms with Gasteiger partial charge in [-0.25, -0.2) is 0 Å². The number of rotatable bonds is 7. The van der Waals surface area contributed by atoms with E-state index < -0.39 is 0 Å². The molecule has 0 aliphatic carbocycles. The number of ether oxygens (including phenoxy) is 1. The van der Waals surface area contributed by atoms with Crippen molar-refractivity contribution in [3.05, 3.63) is 29.8 Å². The zero-order chi connectivity index (χ0) is 15.1. The van der Waals surface area contributed by atoms with E-state index in [0.717, 1.165) is 30.9 Å². The van der Waals surface area contributed by atoms with Crippen LogP contribution in [0.5, 0.6) is 5.75 Å². The topological polar surface area (TPSA) is 41.7 Å². The second-order valence-corrected chi connectivity index (χ2v) is 6.02. The standard InChI is InChI=1S/C17H29N3O/c1-15(2)20-10-8-19(9-11-20)7-4-12-21-17-6-3-5-16(13-17)14-18/h3,5-6,13,15H,4,7-12,14,18H2,1-2H3. The highest BCUT2D eigenvalue weighted by Crippen LogP contribution is 2.13. The van der Waals surface area contributed by atoms with Crippen molar-refractivity contribution in [2.24, 2.45) is 5.73 Å². The fourth-order valence-electron chi connectivity index (χ4n) is 2.74.